The van der Waals surface area contributed by atoms with E-state index in [1.807, 2.05) is 6.92 Å². The maximum atomic E-state index is 13.1. The van der Waals surface area contributed by atoms with Gasteiger partial charge < -0.3 is 9.73 Å². The fourth-order valence-electron chi connectivity index (χ4n) is 2.11. The SMILES string of the molecule is CCNC(c1ccccc1C(F)(F)F)c1ccoc1Br. The minimum atomic E-state index is -4.39. The summed E-state index contributed by atoms with van der Waals surface area (Å²) in [6, 6.07) is 6.64. The van der Waals surface area contributed by atoms with Gasteiger partial charge in [-0.3, -0.25) is 0 Å². The smallest absolute Gasteiger partial charge is 0.416 e. The predicted octanol–water partition coefficient (Wildman–Crippen LogP) is 4.76. The Bertz CT molecular complexity index is 580. The van der Waals surface area contributed by atoms with Crippen LogP contribution in [0.25, 0.3) is 0 Å². The lowest BCUT2D eigenvalue weighted by Gasteiger charge is -2.22. The van der Waals surface area contributed by atoms with Gasteiger partial charge in [-0.25, -0.2) is 0 Å². The number of benzene rings is 1. The Balaban J connectivity index is 2.54. The third-order valence-corrected chi connectivity index (χ3v) is 3.59. The average Bonchev–Trinajstić information content (AvgIpc) is 2.81. The topological polar surface area (TPSA) is 25.2 Å². The highest BCUT2D eigenvalue weighted by Crippen LogP contribution is 2.38. The number of alkyl halides is 3. The summed E-state index contributed by atoms with van der Waals surface area (Å²) in [5.41, 5.74) is 0.187. The van der Waals surface area contributed by atoms with E-state index < -0.39 is 17.8 Å². The molecule has 1 unspecified atom stereocenters. The van der Waals surface area contributed by atoms with Crippen LogP contribution in [0.5, 0.6) is 0 Å². The zero-order valence-corrected chi connectivity index (χ0v) is 12.3. The fraction of sp³-hybridized carbons (Fsp3) is 0.286. The van der Waals surface area contributed by atoms with E-state index in [0.717, 1.165) is 6.07 Å². The number of furan rings is 1. The summed E-state index contributed by atoms with van der Waals surface area (Å²) in [5.74, 6) is 0. The van der Waals surface area contributed by atoms with Gasteiger partial charge >= 0.3 is 6.18 Å². The van der Waals surface area contributed by atoms with E-state index in [-0.39, 0.29) is 5.56 Å². The molecule has 0 aliphatic carbocycles. The van der Waals surface area contributed by atoms with E-state index in [0.29, 0.717) is 16.8 Å². The molecule has 2 rings (SSSR count). The molecule has 0 saturated heterocycles. The third kappa shape index (κ3) is 3.07. The van der Waals surface area contributed by atoms with E-state index in [1.165, 1.54) is 18.4 Å². The van der Waals surface area contributed by atoms with E-state index in [1.54, 1.807) is 12.1 Å². The molecule has 1 N–H and O–H groups in total. The van der Waals surface area contributed by atoms with Gasteiger partial charge in [-0.1, -0.05) is 25.1 Å². The van der Waals surface area contributed by atoms with Gasteiger partial charge in [0.15, 0.2) is 4.67 Å². The molecule has 2 aromatic rings. The van der Waals surface area contributed by atoms with Crippen molar-refractivity contribution in [3.8, 4) is 0 Å². The first kappa shape index (κ1) is 15.1. The molecule has 108 valence electrons. The van der Waals surface area contributed by atoms with Gasteiger partial charge in [0.25, 0.3) is 0 Å². The molecular formula is C14H13BrF3NO. The van der Waals surface area contributed by atoms with Crippen molar-refractivity contribution < 1.29 is 17.6 Å². The molecule has 1 heterocycles. The Hall–Kier alpha value is -1.27. The standard InChI is InChI=1S/C14H13BrF3NO/c1-2-19-12(10-7-8-20-13(10)15)9-5-3-4-6-11(9)14(16,17)18/h3-8,12,19H,2H2,1H3. The summed E-state index contributed by atoms with van der Waals surface area (Å²) in [4.78, 5) is 0. The van der Waals surface area contributed by atoms with E-state index in [9.17, 15) is 13.2 Å². The zero-order chi connectivity index (χ0) is 14.8. The molecule has 0 saturated carbocycles. The molecule has 0 radical (unpaired) electrons. The van der Waals surface area contributed by atoms with Crippen LogP contribution in [-0.2, 0) is 6.18 Å². The quantitative estimate of drug-likeness (QED) is 0.862. The molecule has 0 aliphatic heterocycles. The predicted molar refractivity (Wildman–Crippen MR) is 73.4 cm³/mol. The Morgan fingerprint density at radius 1 is 1.20 bits per heavy atom. The zero-order valence-electron chi connectivity index (χ0n) is 10.7. The maximum absolute atomic E-state index is 13.1. The molecule has 2 nitrogen and oxygen atoms in total. The number of hydrogen-bond donors (Lipinski definition) is 1. The van der Waals surface area contributed by atoms with Crippen LogP contribution in [0, 0.1) is 0 Å². The monoisotopic (exact) mass is 347 g/mol. The molecule has 0 spiro atoms. The summed E-state index contributed by atoms with van der Waals surface area (Å²) >= 11 is 3.22. The highest BCUT2D eigenvalue weighted by Gasteiger charge is 2.35. The van der Waals surface area contributed by atoms with Gasteiger partial charge in [0.2, 0.25) is 0 Å². The van der Waals surface area contributed by atoms with Gasteiger partial charge in [0.05, 0.1) is 17.9 Å². The Kier molecular flexibility index (Phi) is 4.55. The summed E-state index contributed by atoms with van der Waals surface area (Å²) in [5, 5.41) is 3.06. The number of rotatable bonds is 4. The number of halogens is 4. The normalized spacial score (nSPS) is 13.4. The van der Waals surface area contributed by atoms with E-state index >= 15 is 0 Å². The van der Waals surface area contributed by atoms with Gasteiger partial charge in [-0.15, -0.1) is 0 Å². The fourth-order valence-corrected chi connectivity index (χ4v) is 2.58. The van der Waals surface area contributed by atoms with Crippen molar-refractivity contribution in [3.63, 3.8) is 0 Å². The lowest BCUT2D eigenvalue weighted by atomic mass is 9.95. The van der Waals surface area contributed by atoms with Crippen molar-refractivity contribution in [2.75, 3.05) is 6.54 Å². The van der Waals surface area contributed by atoms with E-state index in [2.05, 4.69) is 21.2 Å². The second-order valence-electron chi connectivity index (χ2n) is 4.23. The number of nitrogens with one attached hydrogen (secondary N) is 1. The summed E-state index contributed by atoms with van der Waals surface area (Å²) in [6.45, 7) is 2.38. The summed E-state index contributed by atoms with van der Waals surface area (Å²) < 4.78 is 44.9. The minimum absolute atomic E-state index is 0.184. The van der Waals surface area contributed by atoms with Crippen molar-refractivity contribution in [3.05, 3.63) is 58.0 Å². The van der Waals surface area contributed by atoms with E-state index in [4.69, 9.17) is 4.42 Å². The number of hydrogen-bond acceptors (Lipinski definition) is 2. The lowest BCUT2D eigenvalue weighted by Crippen LogP contribution is -2.25. The molecule has 1 aromatic carbocycles. The Labute approximate surface area is 123 Å². The first-order valence-electron chi connectivity index (χ1n) is 6.07. The summed E-state index contributed by atoms with van der Waals surface area (Å²) in [7, 11) is 0. The van der Waals surface area contributed by atoms with Gasteiger partial charge in [-0.2, -0.15) is 13.2 Å². The van der Waals surface area contributed by atoms with Crippen molar-refractivity contribution in [1.82, 2.24) is 5.32 Å². The van der Waals surface area contributed by atoms with Crippen LogP contribution in [0.2, 0.25) is 0 Å². The van der Waals surface area contributed by atoms with Crippen molar-refractivity contribution in [1.29, 1.82) is 0 Å². The van der Waals surface area contributed by atoms with Crippen molar-refractivity contribution >= 4 is 15.9 Å². The highest BCUT2D eigenvalue weighted by atomic mass is 79.9. The van der Waals surface area contributed by atoms with Crippen LogP contribution in [0.3, 0.4) is 0 Å². The Morgan fingerprint density at radius 3 is 2.45 bits per heavy atom. The van der Waals surface area contributed by atoms with Crippen LogP contribution in [0.15, 0.2) is 45.7 Å². The second kappa shape index (κ2) is 6.01. The average molecular weight is 348 g/mol. The molecule has 20 heavy (non-hydrogen) atoms. The largest absolute Gasteiger partial charge is 0.457 e. The molecule has 1 atom stereocenters. The molecule has 0 aliphatic rings. The first-order valence-corrected chi connectivity index (χ1v) is 6.86. The second-order valence-corrected chi connectivity index (χ2v) is 4.95. The van der Waals surface area contributed by atoms with Gasteiger partial charge in [-0.05, 0) is 40.2 Å². The molecule has 0 amide bonds. The lowest BCUT2D eigenvalue weighted by molar-refractivity contribution is -0.138. The molecular weight excluding hydrogens is 335 g/mol. The van der Waals surface area contributed by atoms with Crippen LogP contribution in [-0.4, -0.2) is 6.54 Å². The molecule has 1 aromatic heterocycles. The molecule has 6 heteroatoms. The summed E-state index contributed by atoms with van der Waals surface area (Å²) in [6.07, 6.45) is -2.94. The van der Waals surface area contributed by atoms with Gasteiger partial charge in [0, 0.05) is 5.56 Å². The molecule has 0 fully saturated rings. The van der Waals surface area contributed by atoms with Crippen molar-refractivity contribution in [2.24, 2.45) is 0 Å². The minimum Gasteiger partial charge on any atom is -0.457 e. The van der Waals surface area contributed by atoms with Crippen LogP contribution in [0.4, 0.5) is 13.2 Å². The maximum Gasteiger partial charge on any atom is 0.416 e. The van der Waals surface area contributed by atoms with Crippen LogP contribution in [0.1, 0.15) is 29.7 Å². The Morgan fingerprint density at radius 2 is 1.90 bits per heavy atom. The van der Waals surface area contributed by atoms with Crippen LogP contribution < -0.4 is 5.32 Å². The first-order chi connectivity index (χ1) is 9.45. The van der Waals surface area contributed by atoms with Crippen molar-refractivity contribution in [2.45, 2.75) is 19.1 Å². The molecule has 0 bridgehead atoms. The van der Waals surface area contributed by atoms with Crippen LogP contribution >= 0.6 is 15.9 Å². The van der Waals surface area contributed by atoms with Gasteiger partial charge in [0.1, 0.15) is 0 Å². The highest BCUT2D eigenvalue weighted by molar-refractivity contribution is 9.10. The third-order valence-electron chi connectivity index (χ3n) is 2.94.